The quantitative estimate of drug-likeness (QED) is 0.571. The molecule has 2 aromatic rings. The van der Waals surface area contributed by atoms with Crippen LogP contribution in [0.1, 0.15) is 43.7 Å². The number of likely N-dealkylation sites (tertiary alicyclic amines) is 1. The van der Waals surface area contributed by atoms with Crippen molar-refractivity contribution < 1.29 is 19.1 Å². The van der Waals surface area contributed by atoms with Crippen LogP contribution in [-0.2, 0) is 16.0 Å². The molecule has 6 heteroatoms. The fraction of sp³-hybridized carbons (Fsp3) is 0.462. The van der Waals surface area contributed by atoms with Crippen LogP contribution >= 0.6 is 0 Å². The molecule has 0 spiro atoms. The van der Waals surface area contributed by atoms with Gasteiger partial charge in [-0.05, 0) is 56.4 Å². The van der Waals surface area contributed by atoms with Gasteiger partial charge in [0.25, 0.3) is 5.91 Å². The zero-order valence-electron chi connectivity index (χ0n) is 19.1. The van der Waals surface area contributed by atoms with E-state index in [9.17, 15) is 9.59 Å². The maximum absolute atomic E-state index is 12.5. The number of rotatable bonds is 10. The molecule has 0 aliphatic carbocycles. The number of amides is 2. The molecule has 3 rings (SSSR count). The number of aryl methyl sites for hydroxylation is 2. The lowest BCUT2D eigenvalue weighted by Gasteiger charge is -2.32. The Kier molecular flexibility index (Phi) is 8.96. The van der Waals surface area contributed by atoms with Crippen molar-refractivity contribution in [2.24, 2.45) is 0 Å². The summed E-state index contributed by atoms with van der Waals surface area (Å²) in [5.41, 5.74) is 2.30. The van der Waals surface area contributed by atoms with Crippen LogP contribution in [-0.4, -0.2) is 49.1 Å². The van der Waals surface area contributed by atoms with E-state index in [1.54, 1.807) is 0 Å². The highest BCUT2D eigenvalue weighted by Crippen LogP contribution is 2.19. The first kappa shape index (κ1) is 23.6. The molecule has 1 saturated heterocycles. The van der Waals surface area contributed by atoms with Crippen LogP contribution in [0.5, 0.6) is 11.5 Å². The summed E-state index contributed by atoms with van der Waals surface area (Å²) >= 11 is 0. The predicted molar refractivity (Wildman–Crippen MR) is 125 cm³/mol. The summed E-state index contributed by atoms with van der Waals surface area (Å²) in [6.07, 6.45) is 3.52. The number of benzene rings is 2. The second-order valence-corrected chi connectivity index (χ2v) is 8.24. The molecule has 1 aliphatic rings. The Labute approximate surface area is 190 Å². The molecule has 1 fully saturated rings. The van der Waals surface area contributed by atoms with Gasteiger partial charge in [0, 0.05) is 25.6 Å². The smallest absolute Gasteiger partial charge is 0.260 e. The van der Waals surface area contributed by atoms with Crippen LogP contribution < -0.4 is 14.8 Å². The van der Waals surface area contributed by atoms with E-state index in [4.69, 9.17) is 9.47 Å². The van der Waals surface area contributed by atoms with Gasteiger partial charge in [-0.1, -0.05) is 42.8 Å². The lowest BCUT2D eigenvalue weighted by Crippen LogP contribution is -2.47. The van der Waals surface area contributed by atoms with Gasteiger partial charge in [0.05, 0.1) is 6.61 Å². The van der Waals surface area contributed by atoms with E-state index in [1.165, 1.54) is 5.56 Å². The molecule has 0 bridgehead atoms. The number of para-hydroxylation sites is 1. The summed E-state index contributed by atoms with van der Waals surface area (Å²) in [4.78, 5) is 26.6. The van der Waals surface area contributed by atoms with Crippen LogP contribution in [0.2, 0.25) is 0 Å². The summed E-state index contributed by atoms with van der Waals surface area (Å²) in [6, 6.07) is 15.8. The largest absolute Gasteiger partial charge is 0.494 e. The Morgan fingerprint density at radius 3 is 2.47 bits per heavy atom. The monoisotopic (exact) mass is 438 g/mol. The number of carbonyl (C=O) groups excluding carboxylic acids is 2. The summed E-state index contributed by atoms with van der Waals surface area (Å²) in [5.74, 6) is 1.64. The number of hydrogen-bond acceptors (Lipinski definition) is 4. The van der Waals surface area contributed by atoms with Crippen molar-refractivity contribution in [3.05, 3.63) is 59.7 Å². The summed E-state index contributed by atoms with van der Waals surface area (Å²) in [7, 11) is 0. The molecule has 2 aromatic carbocycles. The fourth-order valence-electron chi connectivity index (χ4n) is 3.80. The van der Waals surface area contributed by atoms with Crippen molar-refractivity contribution in [1.82, 2.24) is 10.2 Å². The molecule has 2 amide bonds. The first-order chi connectivity index (χ1) is 15.5. The van der Waals surface area contributed by atoms with Gasteiger partial charge in [-0.15, -0.1) is 0 Å². The Morgan fingerprint density at radius 2 is 1.75 bits per heavy atom. The Hall–Kier alpha value is -3.02. The zero-order chi connectivity index (χ0) is 22.8. The topological polar surface area (TPSA) is 67.9 Å². The third-order valence-corrected chi connectivity index (χ3v) is 5.76. The molecule has 0 atom stereocenters. The Bertz CT molecular complexity index is 874. The lowest BCUT2D eigenvalue weighted by atomic mass is 10.0. The fourth-order valence-corrected chi connectivity index (χ4v) is 3.80. The first-order valence-electron chi connectivity index (χ1n) is 11.5. The van der Waals surface area contributed by atoms with Crippen molar-refractivity contribution in [3.8, 4) is 11.5 Å². The number of nitrogens with one attached hydrogen (secondary N) is 1. The van der Waals surface area contributed by atoms with E-state index in [1.807, 2.05) is 60.4 Å². The Morgan fingerprint density at radius 1 is 1.03 bits per heavy atom. The van der Waals surface area contributed by atoms with Gasteiger partial charge in [-0.25, -0.2) is 0 Å². The predicted octanol–water partition coefficient (Wildman–Crippen LogP) is 3.90. The molecule has 0 aromatic heterocycles. The molecule has 6 nitrogen and oxygen atoms in total. The minimum atomic E-state index is -0.00561. The molecule has 1 N–H and O–H groups in total. The van der Waals surface area contributed by atoms with Crippen molar-refractivity contribution in [2.45, 2.75) is 52.0 Å². The highest BCUT2D eigenvalue weighted by molar-refractivity contribution is 5.78. The number of carbonyl (C=O) groups is 2. The van der Waals surface area contributed by atoms with E-state index in [-0.39, 0.29) is 24.5 Å². The van der Waals surface area contributed by atoms with Crippen LogP contribution in [0, 0.1) is 6.92 Å². The third-order valence-electron chi connectivity index (χ3n) is 5.76. The summed E-state index contributed by atoms with van der Waals surface area (Å²) < 4.78 is 11.4. The number of piperidine rings is 1. The number of hydrogen-bond donors (Lipinski definition) is 1. The van der Waals surface area contributed by atoms with Crippen molar-refractivity contribution in [2.75, 3.05) is 26.3 Å². The van der Waals surface area contributed by atoms with Gasteiger partial charge in [-0.2, -0.15) is 0 Å². The maximum atomic E-state index is 12.5. The molecule has 0 radical (unpaired) electrons. The van der Waals surface area contributed by atoms with E-state index in [0.29, 0.717) is 32.5 Å². The highest BCUT2D eigenvalue weighted by Gasteiger charge is 2.24. The van der Waals surface area contributed by atoms with Gasteiger partial charge >= 0.3 is 0 Å². The lowest BCUT2D eigenvalue weighted by molar-refractivity contribution is -0.134. The second-order valence-electron chi connectivity index (χ2n) is 8.24. The zero-order valence-corrected chi connectivity index (χ0v) is 19.1. The highest BCUT2D eigenvalue weighted by atomic mass is 16.5. The van der Waals surface area contributed by atoms with Crippen molar-refractivity contribution in [1.29, 1.82) is 0 Å². The molecule has 0 unspecified atom stereocenters. The van der Waals surface area contributed by atoms with Crippen LogP contribution in [0.3, 0.4) is 0 Å². The van der Waals surface area contributed by atoms with Gasteiger partial charge in [0.1, 0.15) is 11.5 Å². The van der Waals surface area contributed by atoms with E-state index < -0.39 is 0 Å². The molecule has 172 valence electrons. The standard InChI is InChI=1S/C26H34N2O4/c1-3-21-7-4-5-8-24(21)32-19-26(30)28-16-14-22(15-17-28)27-25(29)9-6-18-31-23-12-10-20(2)11-13-23/h4-5,7-8,10-13,22H,3,6,9,14-19H2,1-2H3,(H,27,29). The van der Waals surface area contributed by atoms with E-state index >= 15 is 0 Å². The average Bonchev–Trinajstić information content (AvgIpc) is 2.82. The normalized spacial score (nSPS) is 14.1. The molecule has 1 aliphatic heterocycles. The first-order valence-corrected chi connectivity index (χ1v) is 11.5. The molecular weight excluding hydrogens is 404 g/mol. The van der Waals surface area contributed by atoms with Crippen molar-refractivity contribution in [3.63, 3.8) is 0 Å². The maximum Gasteiger partial charge on any atom is 0.260 e. The molecular formula is C26H34N2O4. The van der Waals surface area contributed by atoms with E-state index in [0.717, 1.165) is 36.3 Å². The van der Waals surface area contributed by atoms with Gasteiger partial charge in [0.15, 0.2) is 6.61 Å². The van der Waals surface area contributed by atoms with Crippen LogP contribution in [0.15, 0.2) is 48.5 Å². The number of ether oxygens (including phenoxy) is 2. The number of nitrogens with zero attached hydrogens (tertiary/aromatic N) is 1. The van der Waals surface area contributed by atoms with Gasteiger partial charge < -0.3 is 19.7 Å². The molecule has 1 heterocycles. The summed E-state index contributed by atoms with van der Waals surface area (Å²) in [6.45, 7) is 5.95. The Balaban J connectivity index is 1.30. The second kappa shape index (κ2) is 12.1. The third kappa shape index (κ3) is 7.29. The van der Waals surface area contributed by atoms with Crippen molar-refractivity contribution >= 4 is 11.8 Å². The van der Waals surface area contributed by atoms with Crippen LogP contribution in [0.4, 0.5) is 0 Å². The molecule has 0 saturated carbocycles. The van der Waals surface area contributed by atoms with Crippen LogP contribution in [0.25, 0.3) is 0 Å². The minimum absolute atomic E-state index is 0.00561. The molecule has 32 heavy (non-hydrogen) atoms. The summed E-state index contributed by atoms with van der Waals surface area (Å²) in [5, 5.41) is 3.09. The van der Waals surface area contributed by atoms with Gasteiger partial charge in [-0.3, -0.25) is 9.59 Å². The minimum Gasteiger partial charge on any atom is -0.494 e. The SMILES string of the molecule is CCc1ccccc1OCC(=O)N1CCC(NC(=O)CCCOc2ccc(C)cc2)CC1. The average molecular weight is 439 g/mol. The van der Waals surface area contributed by atoms with E-state index in [2.05, 4.69) is 12.2 Å². The van der Waals surface area contributed by atoms with Gasteiger partial charge in [0.2, 0.25) is 5.91 Å².